The van der Waals surface area contributed by atoms with Gasteiger partial charge < -0.3 is 5.32 Å². The highest BCUT2D eigenvalue weighted by Gasteiger charge is 2.33. The number of amides is 1. The minimum atomic E-state index is -3.33. The number of aromatic nitrogens is 1. The number of sulfonamides is 1. The molecule has 0 spiro atoms. The fourth-order valence-corrected chi connectivity index (χ4v) is 5.68. The number of nitrogens with one attached hydrogen (secondary N) is 1. The summed E-state index contributed by atoms with van der Waals surface area (Å²) >= 11 is 1.25. The molecule has 1 aliphatic heterocycles. The number of carbonyl (C=O) groups is 1. The van der Waals surface area contributed by atoms with E-state index in [-0.39, 0.29) is 17.4 Å². The molecule has 0 radical (unpaired) electrons. The van der Waals surface area contributed by atoms with Crippen LogP contribution in [-0.4, -0.2) is 52.5 Å². The maximum atomic E-state index is 12.2. The van der Waals surface area contributed by atoms with Gasteiger partial charge in [-0.3, -0.25) is 9.10 Å². The van der Waals surface area contributed by atoms with Crippen LogP contribution in [0.25, 0.3) is 11.3 Å². The molecule has 1 fully saturated rings. The van der Waals surface area contributed by atoms with E-state index in [1.54, 1.807) is 29.6 Å². The Bertz CT molecular complexity index is 1060. The van der Waals surface area contributed by atoms with E-state index in [4.69, 9.17) is 0 Å². The Morgan fingerprint density at radius 2 is 1.96 bits per heavy atom. The standard InChI is InChI=1S/C16H19N3O5S3/c1-19(26(2,21)22)13-5-3-11(4-6-13)14-9-25-16(17-14)18-15(20)12-7-8-27(23,24)10-12/h3-6,9,12H,7-8,10H2,1-2H3,(H,17,18,20). The molecule has 8 nitrogen and oxygen atoms in total. The molecule has 1 aromatic carbocycles. The first-order valence-corrected chi connectivity index (χ1v) is 12.6. The second kappa shape index (κ2) is 7.21. The summed E-state index contributed by atoms with van der Waals surface area (Å²) < 4.78 is 47.3. The van der Waals surface area contributed by atoms with Gasteiger partial charge in [-0.1, -0.05) is 12.1 Å². The van der Waals surface area contributed by atoms with Crippen LogP contribution in [0.15, 0.2) is 29.6 Å². The fourth-order valence-electron chi connectivity index (χ4n) is 2.71. The lowest BCUT2D eigenvalue weighted by Gasteiger charge is -2.16. The third-order valence-corrected chi connectivity index (χ3v) is 8.09. The molecule has 0 saturated carbocycles. The summed E-state index contributed by atoms with van der Waals surface area (Å²) in [6.07, 6.45) is 1.47. The van der Waals surface area contributed by atoms with Crippen molar-refractivity contribution in [3.8, 4) is 11.3 Å². The van der Waals surface area contributed by atoms with Gasteiger partial charge in [-0.2, -0.15) is 0 Å². The number of hydrogen-bond donors (Lipinski definition) is 1. The van der Waals surface area contributed by atoms with Crippen LogP contribution in [0, 0.1) is 5.92 Å². The Balaban J connectivity index is 1.70. The molecule has 2 aromatic rings. The first-order chi connectivity index (χ1) is 12.5. The highest BCUT2D eigenvalue weighted by molar-refractivity contribution is 7.92. The summed E-state index contributed by atoms with van der Waals surface area (Å²) in [4.78, 5) is 16.5. The second-order valence-corrected chi connectivity index (χ2v) is 11.5. The number of carbonyl (C=O) groups excluding carboxylic acids is 1. The smallest absolute Gasteiger partial charge is 0.231 e. The zero-order valence-electron chi connectivity index (χ0n) is 14.7. The largest absolute Gasteiger partial charge is 0.302 e. The summed E-state index contributed by atoms with van der Waals surface area (Å²) in [5.74, 6) is -0.940. The van der Waals surface area contributed by atoms with E-state index in [2.05, 4.69) is 10.3 Å². The van der Waals surface area contributed by atoms with E-state index < -0.39 is 25.8 Å². The fraction of sp³-hybridized carbons (Fsp3) is 0.375. The summed E-state index contributed by atoms with van der Waals surface area (Å²) in [6.45, 7) is 0. The monoisotopic (exact) mass is 429 g/mol. The van der Waals surface area contributed by atoms with Crippen molar-refractivity contribution in [2.24, 2.45) is 5.92 Å². The van der Waals surface area contributed by atoms with Crippen LogP contribution in [0.5, 0.6) is 0 Å². The zero-order chi connectivity index (χ0) is 19.8. The van der Waals surface area contributed by atoms with Crippen molar-refractivity contribution < 1.29 is 21.6 Å². The Kier molecular flexibility index (Phi) is 5.28. The number of anilines is 2. The molecular formula is C16H19N3O5S3. The lowest BCUT2D eigenvalue weighted by atomic mass is 10.1. The number of rotatable bonds is 5. The van der Waals surface area contributed by atoms with Gasteiger partial charge in [-0.05, 0) is 18.6 Å². The van der Waals surface area contributed by atoms with Gasteiger partial charge in [-0.15, -0.1) is 11.3 Å². The molecule has 1 amide bonds. The van der Waals surface area contributed by atoms with Gasteiger partial charge >= 0.3 is 0 Å². The van der Waals surface area contributed by atoms with E-state index >= 15 is 0 Å². The van der Waals surface area contributed by atoms with Crippen LogP contribution < -0.4 is 9.62 Å². The number of nitrogens with zero attached hydrogens (tertiary/aromatic N) is 2. The van der Waals surface area contributed by atoms with Crippen LogP contribution in [0.4, 0.5) is 10.8 Å². The van der Waals surface area contributed by atoms with Crippen LogP contribution in [0.2, 0.25) is 0 Å². The lowest BCUT2D eigenvalue weighted by molar-refractivity contribution is -0.119. The molecule has 27 heavy (non-hydrogen) atoms. The normalized spacial score (nSPS) is 19.0. The molecule has 0 aliphatic carbocycles. The highest BCUT2D eigenvalue weighted by atomic mass is 32.2. The summed E-state index contributed by atoms with van der Waals surface area (Å²) in [6, 6.07) is 6.86. The van der Waals surface area contributed by atoms with E-state index in [1.807, 2.05) is 0 Å². The molecule has 3 rings (SSSR count). The topological polar surface area (TPSA) is 114 Å². The average Bonchev–Trinajstić information content (AvgIpc) is 3.20. The summed E-state index contributed by atoms with van der Waals surface area (Å²) in [5, 5.41) is 4.85. The van der Waals surface area contributed by atoms with E-state index in [9.17, 15) is 21.6 Å². The number of sulfone groups is 1. The first kappa shape index (κ1) is 19.8. The molecule has 0 bridgehead atoms. The van der Waals surface area contributed by atoms with E-state index in [0.717, 1.165) is 11.8 Å². The maximum absolute atomic E-state index is 12.2. The molecule has 146 valence electrons. The molecule has 1 atom stereocenters. The Morgan fingerprint density at radius 3 is 2.52 bits per heavy atom. The number of benzene rings is 1. The number of hydrogen-bond acceptors (Lipinski definition) is 7. The van der Waals surface area contributed by atoms with Crippen molar-refractivity contribution in [2.75, 3.05) is 34.4 Å². The quantitative estimate of drug-likeness (QED) is 0.772. The lowest BCUT2D eigenvalue weighted by Crippen LogP contribution is -2.24. The van der Waals surface area contributed by atoms with Gasteiger partial charge in [0.1, 0.15) is 0 Å². The highest BCUT2D eigenvalue weighted by Crippen LogP contribution is 2.28. The second-order valence-electron chi connectivity index (χ2n) is 6.40. The van der Waals surface area contributed by atoms with Crippen LogP contribution in [0.3, 0.4) is 0 Å². The van der Waals surface area contributed by atoms with E-state index in [1.165, 1.54) is 22.7 Å². The molecule has 1 aromatic heterocycles. The SMILES string of the molecule is CN(c1ccc(-c2csc(NC(=O)C3CCS(=O)(=O)C3)n2)cc1)S(C)(=O)=O. The van der Waals surface area contributed by atoms with Crippen molar-refractivity contribution in [3.05, 3.63) is 29.6 Å². The third-order valence-electron chi connectivity index (χ3n) is 4.36. The van der Waals surface area contributed by atoms with Crippen molar-refractivity contribution >= 4 is 47.9 Å². The first-order valence-electron chi connectivity index (χ1n) is 8.06. The Morgan fingerprint density at radius 1 is 1.30 bits per heavy atom. The molecule has 1 saturated heterocycles. The van der Waals surface area contributed by atoms with Crippen molar-refractivity contribution in [3.63, 3.8) is 0 Å². The Hall–Kier alpha value is -1.98. The number of thiazole rings is 1. The molecule has 2 heterocycles. The van der Waals surface area contributed by atoms with Crippen LogP contribution >= 0.6 is 11.3 Å². The summed E-state index contributed by atoms with van der Waals surface area (Å²) in [7, 11) is -4.97. The predicted octanol–water partition coefficient (Wildman–Crippen LogP) is 1.58. The summed E-state index contributed by atoms with van der Waals surface area (Å²) in [5.41, 5.74) is 1.95. The molecule has 1 N–H and O–H groups in total. The van der Waals surface area contributed by atoms with Crippen LogP contribution in [-0.2, 0) is 24.7 Å². The molecule has 11 heteroatoms. The molecular weight excluding hydrogens is 410 g/mol. The molecule has 1 aliphatic rings. The van der Waals surface area contributed by atoms with Crippen molar-refractivity contribution in [1.82, 2.24) is 4.98 Å². The van der Waals surface area contributed by atoms with Crippen molar-refractivity contribution in [2.45, 2.75) is 6.42 Å². The van der Waals surface area contributed by atoms with Gasteiger partial charge in [0.15, 0.2) is 15.0 Å². The van der Waals surface area contributed by atoms with E-state index in [0.29, 0.717) is 22.9 Å². The average molecular weight is 430 g/mol. The van der Waals surface area contributed by atoms with Crippen LogP contribution in [0.1, 0.15) is 6.42 Å². The third kappa shape index (κ3) is 4.66. The van der Waals surface area contributed by atoms with Gasteiger partial charge in [0.25, 0.3) is 0 Å². The van der Waals surface area contributed by atoms with Gasteiger partial charge in [0.2, 0.25) is 15.9 Å². The molecule has 1 unspecified atom stereocenters. The Labute approximate surface area is 162 Å². The van der Waals surface area contributed by atoms with Gasteiger partial charge in [0, 0.05) is 18.0 Å². The minimum Gasteiger partial charge on any atom is -0.302 e. The zero-order valence-corrected chi connectivity index (χ0v) is 17.2. The van der Waals surface area contributed by atoms with Gasteiger partial charge in [0.05, 0.1) is 35.1 Å². The van der Waals surface area contributed by atoms with Crippen molar-refractivity contribution in [1.29, 1.82) is 0 Å². The predicted molar refractivity (Wildman–Crippen MR) is 106 cm³/mol. The minimum absolute atomic E-state index is 0.0441. The maximum Gasteiger partial charge on any atom is 0.231 e. The van der Waals surface area contributed by atoms with Gasteiger partial charge in [-0.25, -0.2) is 21.8 Å².